The van der Waals surface area contributed by atoms with Gasteiger partial charge >= 0.3 is 0 Å². The minimum Gasteiger partial charge on any atom is -0.355 e. The van der Waals surface area contributed by atoms with Crippen LogP contribution in [0.25, 0.3) is 60.9 Å². The van der Waals surface area contributed by atoms with Crippen LogP contribution in [0.2, 0.25) is 0 Å². The maximum atomic E-state index is 3.58. The predicted octanol–water partition coefficient (Wildman–Crippen LogP) is 9.08. The summed E-state index contributed by atoms with van der Waals surface area (Å²) >= 11 is 0. The first-order chi connectivity index (χ1) is 16.8. The number of para-hydroxylation sites is 1. The van der Waals surface area contributed by atoms with Crippen LogP contribution in [0.4, 0.5) is 0 Å². The zero-order chi connectivity index (χ0) is 22.6. The van der Waals surface area contributed by atoms with E-state index in [1.54, 1.807) is 0 Å². The molecule has 0 unspecified atom stereocenters. The summed E-state index contributed by atoms with van der Waals surface area (Å²) < 4.78 is 0. The molecule has 7 rings (SSSR count). The van der Waals surface area contributed by atoms with Gasteiger partial charge in [-0.1, -0.05) is 90.5 Å². The molecule has 0 amide bonds. The Kier molecular flexibility index (Phi) is 4.25. The van der Waals surface area contributed by atoms with Crippen molar-refractivity contribution in [2.45, 2.75) is 19.8 Å². The highest BCUT2D eigenvalue weighted by Gasteiger charge is 2.22. The van der Waals surface area contributed by atoms with E-state index in [1.165, 1.54) is 71.5 Å². The molecule has 0 saturated heterocycles. The minimum atomic E-state index is 1.07. The molecule has 0 bridgehead atoms. The van der Waals surface area contributed by atoms with Crippen molar-refractivity contribution in [2.24, 2.45) is 0 Å². The van der Waals surface area contributed by atoms with Gasteiger partial charge in [-0.3, -0.25) is 0 Å². The van der Waals surface area contributed by atoms with E-state index < -0.39 is 0 Å². The molecule has 162 valence electrons. The lowest BCUT2D eigenvalue weighted by Crippen LogP contribution is -2.02. The summed E-state index contributed by atoms with van der Waals surface area (Å²) in [5.74, 6) is 0. The van der Waals surface area contributed by atoms with Crippen LogP contribution in [0.3, 0.4) is 0 Å². The fourth-order valence-corrected chi connectivity index (χ4v) is 5.80. The van der Waals surface area contributed by atoms with Crippen LogP contribution in [0, 0.1) is 6.92 Å². The van der Waals surface area contributed by atoms with Crippen molar-refractivity contribution in [2.75, 3.05) is 0 Å². The van der Waals surface area contributed by atoms with Crippen LogP contribution in [0.5, 0.6) is 0 Å². The Hall–Kier alpha value is -4.10. The van der Waals surface area contributed by atoms with Gasteiger partial charge in [0.15, 0.2) is 0 Å². The maximum absolute atomic E-state index is 3.58. The second kappa shape index (κ2) is 7.46. The average molecular weight is 436 g/mol. The summed E-state index contributed by atoms with van der Waals surface area (Å²) in [6, 6.07) is 33.4. The van der Waals surface area contributed by atoms with Crippen LogP contribution in [0.1, 0.15) is 23.1 Å². The van der Waals surface area contributed by atoms with Crippen LogP contribution < -0.4 is 0 Å². The second-order valence-electron chi connectivity index (χ2n) is 9.43. The average Bonchev–Trinajstić information content (AvgIpc) is 3.25. The van der Waals surface area contributed by atoms with Gasteiger partial charge in [0.2, 0.25) is 0 Å². The molecule has 1 aliphatic carbocycles. The number of benzene rings is 5. The molecule has 1 heterocycles. The molecule has 5 aromatic carbocycles. The molecular formula is C33H25N. The largest absolute Gasteiger partial charge is 0.355 e. The first-order valence-electron chi connectivity index (χ1n) is 12.1. The van der Waals surface area contributed by atoms with Crippen LogP contribution >= 0.6 is 0 Å². The number of allylic oxidation sites excluding steroid dienone is 1. The van der Waals surface area contributed by atoms with Gasteiger partial charge < -0.3 is 4.98 Å². The number of nitrogens with one attached hydrogen (secondary N) is 1. The molecule has 0 radical (unpaired) electrons. The minimum absolute atomic E-state index is 1.07. The number of hydrogen-bond donors (Lipinski definition) is 1. The summed E-state index contributed by atoms with van der Waals surface area (Å²) in [6.07, 6.45) is 6.84. The van der Waals surface area contributed by atoms with Gasteiger partial charge in [0.05, 0.1) is 0 Å². The second-order valence-corrected chi connectivity index (χ2v) is 9.43. The maximum Gasteiger partial charge on any atom is 0.0465 e. The molecule has 1 nitrogen and oxygen atoms in total. The fraction of sp³-hybridized carbons (Fsp3) is 0.0909. The molecule has 6 aromatic rings. The number of aromatic nitrogens is 1. The summed E-state index contributed by atoms with van der Waals surface area (Å²) in [6.45, 7) is 2.20. The topological polar surface area (TPSA) is 15.8 Å². The Morgan fingerprint density at radius 3 is 2.35 bits per heavy atom. The smallest absolute Gasteiger partial charge is 0.0465 e. The zero-order valence-corrected chi connectivity index (χ0v) is 19.2. The van der Waals surface area contributed by atoms with Crippen molar-refractivity contribution in [3.63, 3.8) is 0 Å². The number of fused-ring (bicyclic) bond motifs is 5. The molecule has 0 spiro atoms. The van der Waals surface area contributed by atoms with Gasteiger partial charge in [-0.05, 0) is 82.1 Å². The number of aryl methyl sites for hydroxylation is 1. The van der Waals surface area contributed by atoms with Gasteiger partial charge in [-0.15, -0.1) is 0 Å². The standard InChI is InChI=1S/C33H25N/c1-21-15-17-27-29(19-21)33(23-16-18-31-28(20-23)24-11-7-8-14-30(24)34-31)26-13-6-5-12-25(26)32(27)22-9-3-2-4-10-22/h2-5,7-12,14-20,34H,6,13H2,1H3. The van der Waals surface area contributed by atoms with Crippen molar-refractivity contribution in [1.29, 1.82) is 0 Å². The zero-order valence-electron chi connectivity index (χ0n) is 19.2. The highest BCUT2D eigenvalue weighted by molar-refractivity contribution is 6.13. The quantitative estimate of drug-likeness (QED) is 0.279. The third-order valence-electron chi connectivity index (χ3n) is 7.31. The SMILES string of the molecule is Cc1ccc2c(-c3ccccc3)c3c(c(-c4ccc5[nH]c6ccccc6c5c4)c2c1)CCC=C3. The summed E-state index contributed by atoms with van der Waals surface area (Å²) in [4.78, 5) is 3.58. The van der Waals surface area contributed by atoms with Crippen molar-refractivity contribution < 1.29 is 0 Å². The Balaban J connectivity index is 1.61. The highest BCUT2D eigenvalue weighted by Crippen LogP contribution is 2.45. The molecule has 0 aliphatic heterocycles. The number of H-pyrrole nitrogens is 1. The van der Waals surface area contributed by atoms with Crippen molar-refractivity contribution >= 4 is 38.7 Å². The first kappa shape index (κ1) is 19.4. The third-order valence-corrected chi connectivity index (χ3v) is 7.31. The molecular weight excluding hydrogens is 410 g/mol. The summed E-state index contributed by atoms with van der Waals surface area (Å²) in [7, 11) is 0. The van der Waals surface area contributed by atoms with Gasteiger partial charge in [-0.25, -0.2) is 0 Å². The van der Waals surface area contributed by atoms with Crippen molar-refractivity contribution in [1.82, 2.24) is 4.98 Å². The van der Waals surface area contributed by atoms with Crippen molar-refractivity contribution in [3.8, 4) is 22.3 Å². The van der Waals surface area contributed by atoms with E-state index in [2.05, 4.69) is 115 Å². The van der Waals surface area contributed by atoms with E-state index in [1.807, 2.05) is 0 Å². The van der Waals surface area contributed by atoms with Crippen LogP contribution in [-0.2, 0) is 6.42 Å². The Morgan fingerprint density at radius 2 is 1.44 bits per heavy atom. The van der Waals surface area contributed by atoms with Crippen LogP contribution in [-0.4, -0.2) is 4.98 Å². The third kappa shape index (κ3) is 2.87. The van der Waals surface area contributed by atoms with E-state index in [4.69, 9.17) is 0 Å². The molecule has 1 N–H and O–H groups in total. The van der Waals surface area contributed by atoms with Crippen molar-refractivity contribution in [3.05, 3.63) is 114 Å². The monoisotopic (exact) mass is 435 g/mol. The van der Waals surface area contributed by atoms with E-state index >= 15 is 0 Å². The number of rotatable bonds is 2. The molecule has 0 saturated carbocycles. The molecule has 1 aliphatic rings. The Bertz CT molecular complexity index is 1750. The molecule has 34 heavy (non-hydrogen) atoms. The van der Waals surface area contributed by atoms with E-state index in [0.717, 1.165) is 12.8 Å². The van der Waals surface area contributed by atoms with Crippen LogP contribution in [0.15, 0.2) is 97.1 Å². The lowest BCUT2D eigenvalue weighted by molar-refractivity contribution is 0.991. The van der Waals surface area contributed by atoms with E-state index in [0.29, 0.717) is 0 Å². The fourth-order valence-electron chi connectivity index (χ4n) is 5.80. The summed E-state index contributed by atoms with van der Waals surface area (Å²) in [5.41, 5.74) is 11.9. The Morgan fingerprint density at radius 1 is 0.618 bits per heavy atom. The van der Waals surface area contributed by atoms with Gasteiger partial charge in [0, 0.05) is 21.8 Å². The van der Waals surface area contributed by atoms with Gasteiger partial charge in [-0.2, -0.15) is 0 Å². The lowest BCUT2D eigenvalue weighted by Gasteiger charge is -2.24. The number of aromatic amines is 1. The molecule has 1 heteroatoms. The highest BCUT2D eigenvalue weighted by atomic mass is 14.7. The Labute approximate surface area is 199 Å². The predicted molar refractivity (Wildman–Crippen MR) is 146 cm³/mol. The van der Waals surface area contributed by atoms with E-state index in [-0.39, 0.29) is 0 Å². The molecule has 0 fully saturated rings. The molecule has 0 atom stereocenters. The summed E-state index contributed by atoms with van der Waals surface area (Å²) in [5, 5.41) is 5.26. The first-order valence-corrected chi connectivity index (χ1v) is 12.1. The lowest BCUT2D eigenvalue weighted by atomic mass is 9.80. The van der Waals surface area contributed by atoms with Gasteiger partial charge in [0.25, 0.3) is 0 Å². The molecule has 1 aromatic heterocycles. The van der Waals surface area contributed by atoms with Gasteiger partial charge in [0.1, 0.15) is 0 Å². The number of hydrogen-bond acceptors (Lipinski definition) is 0. The van der Waals surface area contributed by atoms with E-state index in [9.17, 15) is 0 Å². The normalized spacial score (nSPS) is 13.1.